The zero-order chi connectivity index (χ0) is 12.5. The fraction of sp³-hybridized carbons (Fsp3) is 0.857. The van der Waals surface area contributed by atoms with E-state index in [4.69, 9.17) is 0 Å². The van der Waals surface area contributed by atoms with E-state index >= 15 is 0 Å². The van der Waals surface area contributed by atoms with Gasteiger partial charge in [-0.3, -0.25) is 4.90 Å². The average Bonchev–Trinajstić information content (AvgIpc) is 2.76. The Hall–Kier alpha value is 0.0100. The molecule has 3 heteroatoms. The Morgan fingerprint density at radius 3 is 2.65 bits per heavy atom. The molecule has 2 heterocycles. The van der Waals surface area contributed by atoms with E-state index in [0.29, 0.717) is 5.41 Å². The third kappa shape index (κ3) is 3.07. The van der Waals surface area contributed by atoms with E-state index in [-0.39, 0.29) is 0 Å². The molecule has 0 aromatic rings. The lowest BCUT2D eigenvalue weighted by atomic mass is 9.82. The Labute approximate surface area is 110 Å². The maximum absolute atomic E-state index is 3.53. The Morgan fingerprint density at radius 1 is 1.35 bits per heavy atom. The molecule has 0 amide bonds. The van der Waals surface area contributed by atoms with Gasteiger partial charge in [0.15, 0.2) is 0 Å². The number of nitrogens with zero attached hydrogens (tertiary/aromatic N) is 1. The molecular weight excluding hydrogens is 228 g/mol. The minimum atomic E-state index is 0.360. The van der Waals surface area contributed by atoms with E-state index in [2.05, 4.69) is 43.3 Å². The topological polar surface area (TPSA) is 15.3 Å². The lowest BCUT2D eigenvalue weighted by molar-refractivity contribution is 0.219. The first-order valence-electron chi connectivity index (χ1n) is 6.69. The smallest absolute Gasteiger partial charge is 0.0355 e. The van der Waals surface area contributed by atoms with Crippen LogP contribution in [0, 0.1) is 5.41 Å². The van der Waals surface area contributed by atoms with Crippen LogP contribution in [0.15, 0.2) is 11.6 Å². The highest BCUT2D eigenvalue weighted by atomic mass is 32.2. The minimum absolute atomic E-state index is 0.360. The summed E-state index contributed by atoms with van der Waals surface area (Å²) in [7, 11) is 0. The van der Waals surface area contributed by atoms with Crippen molar-refractivity contribution in [2.24, 2.45) is 5.41 Å². The fourth-order valence-electron chi connectivity index (χ4n) is 2.91. The van der Waals surface area contributed by atoms with Crippen molar-refractivity contribution in [1.29, 1.82) is 0 Å². The quantitative estimate of drug-likeness (QED) is 0.762. The SMILES string of the molecule is CSC1CNCC1N1CC=C(C(C)(C)C)CC1. The van der Waals surface area contributed by atoms with Crippen LogP contribution in [0.2, 0.25) is 0 Å². The Kier molecular flexibility index (Phi) is 4.22. The van der Waals surface area contributed by atoms with Crippen LogP contribution >= 0.6 is 11.8 Å². The number of nitrogens with one attached hydrogen (secondary N) is 1. The second-order valence-electron chi connectivity index (χ2n) is 6.22. The summed E-state index contributed by atoms with van der Waals surface area (Å²) in [4.78, 5) is 2.66. The van der Waals surface area contributed by atoms with Gasteiger partial charge in [0.2, 0.25) is 0 Å². The van der Waals surface area contributed by atoms with Crippen LogP contribution in [-0.4, -0.2) is 48.6 Å². The average molecular weight is 254 g/mol. The second-order valence-corrected chi connectivity index (χ2v) is 7.30. The molecule has 2 rings (SSSR count). The van der Waals surface area contributed by atoms with Crippen LogP contribution in [0.25, 0.3) is 0 Å². The zero-order valence-corrected chi connectivity index (χ0v) is 12.4. The monoisotopic (exact) mass is 254 g/mol. The van der Waals surface area contributed by atoms with E-state index in [0.717, 1.165) is 17.8 Å². The molecule has 1 N–H and O–H groups in total. The van der Waals surface area contributed by atoms with Gasteiger partial charge in [-0.1, -0.05) is 32.4 Å². The van der Waals surface area contributed by atoms with Crippen molar-refractivity contribution in [3.63, 3.8) is 0 Å². The lowest BCUT2D eigenvalue weighted by Crippen LogP contribution is -2.44. The van der Waals surface area contributed by atoms with E-state index in [9.17, 15) is 0 Å². The summed E-state index contributed by atoms with van der Waals surface area (Å²) < 4.78 is 0. The van der Waals surface area contributed by atoms with Crippen molar-refractivity contribution in [2.75, 3.05) is 32.4 Å². The van der Waals surface area contributed by atoms with Crippen molar-refractivity contribution in [2.45, 2.75) is 38.5 Å². The van der Waals surface area contributed by atoms with E-state index in [1.165, 1.54) is 26.1 Å². The molecule has 0 aromatic heterocycles. The predicted octanol–water partition coefficient (Wildman–Crippen LogP) is 2.37. The molecule has 0 bridgehead atoms. The van der Waals surface area contributed by atoms with Crippen LogP contribution in [0.4, 0.5) is 0 Å². The van der Waals surface area contributed by atoms with Gasteiger partial charge in [-0.15, -0.1) is 0 Å². The molecule has 1 fully saturated rings. The third-order valence-electron chi connectivity index (χ3n) is 4.10. The van der Waals surface area contributed by atoms with Gasteiger partial charge in [-0.2, -0.15) is 11.8 Å². The lowest BCUT2D eigenvalue weighted by Gasteiger charge is -2.37. The summed E-state index contributed by atoms with van der Waals surface area (Å²) in [5.74, 6) is 0. The van der Waals surface area contributed by atoms with Crippen molar-refractivity contribution < 1.29 is 0 Å². The summed E-state index contributed by atoms with van der Waals surface area (Å²) in [6.45, 7) is 11.7. The molecule has 2 nitrogen and oxygen atoms in total. The molecule has 2 unspecified atom stereocenters. The van der Waals surface area contributed by atoms with E-state index in [1.54, 1.807) is 5.57 Å². The molecule has 1 saturated heterocycles. The number of thioether (sulfide) groups is 1. The first kappa shape index (κ1) is 13.4. The summed E-state index contributed by atoms with van der Waals surface area (Å²) in [5.41, 5.74) is 2.00. The first-order valence-corrected chi connectivity index (χ1v) is 7.98. The van der Waals surface area contributed by atoms with Gasteiger partial charge < -0.3 is 5.32 Å². The van der Waals surface area contributed by atoms with Crippen LogP contribution in [0.5, 0.6) is 0 Å². The van der Waals surface area contributed by atoms with Crippen LogP contribution < -0.4 is 5.32 Å². The molecule has 98 valence electrons. The molecule has 0 spiro atoms. The van der Waals surface area contributed by atoms with Crippen molar-refractivity contribution in [3.05, 3.63) is 11.6 Å². The zero-order valence-electron chi connectivity index (χ0n) is 11.6. The number of hydrogen-bond donors (Lipinski definition) is 1. The van der Waals surface area contributed by atoms with Gasteiger partial charge in [0.1, 0.15) is 0 Å². The predicted molar refractivity (Wildman–Crippen MR) is 77.7 cm³/mol. The Morgan fingerprint density at radius 2 is 2.12 bits per heavy atom. The highest BCUT2D eigenvalue weighted by Crippen LogP contribution is 2.31. The third-order valence-corrected chi connectivity index (χ3v) is 5.19. The van der Waals surface area contributed by atoms with Crippen LogP contribution in [0.1, 0.15) is 27.2 Å². The molecule has 17 heavy (non-hydrogen) atoms. The Balaban J connectivity index is 1.97. The second kappa shape index (κ2) is 5.33. The van der Waals surface area contributed by atoms with Crippen molar-refractivity contribution in [3.8, 4) is 0 Å². The molecular formula is C14H26N2S. The minimum Gasteiger partial charge on any atom is -0.314 e. The molecule has 0 aliphatic carbocycles. The molecule has 0 aromatic carbocycles. The summed E-state index contributed by atoms with van der Waals surface area (Å²) in [6, 6.07) is 0.739. The van der Waals surface area contributed by atoms with Gasteiger partial charge in [-0.25, -0.2) is 0 Å². The number of rotatable bonds is 2. The summed E-state index contributed by atoms with van der Waals surface area (Å²) in [5, 5.41) is 4.31. The van der Waals surface area contributed by atoms with Gasteiger partial charge >= 0.3 is 0 Å². The highest BCUT2D eigenvalue weighted by Gasteiger charge is 2.32. The number of hydrogen-bond acceptors (Lipinski definition) is 3. The fourth-order valence-corrected chi connectivity index (χ4v) is 3.78. The largest absolute Gasteiger partial charge is 0.314 e. The maximum Gasteiger partial charge on any atom is 0.0355 e. The normalized spacial score (nSPS) is 31.6. The molecule has 2 aliphatic heterocycles. The molecule has 2 atom stereocenters. The van der Waals surface area contributed by atoms with E-state index in [1.807, 2.05) is 11.8 Å². The molecule has 0 saturated carbocycles. The van der Waals surface area contributed by atoms with Gasteiger partial charge in [0.05, 0.1) is 0 Å². The van der Waals surface area contributed by atoms with Crippen molar-refractivity contribution in [1.82, 2.24) is 10.2 Å². The van der Waals surface area contributed by atoms with Crippen LogP contribution in [0.3, 0.4) is 0 Å². The first-order chi connectivity index (χ1) is 8.02. The van der Waals surface area contributed by atoms with E-state index < -0.39 is 0 Å². The molecule has 2 aliphatic rings. The van der Waals surface area contributed by atoms with Gasteiger partial charge in [0.25, 0.3) is 0 Å². The molecule has 0 radical (unpaired) electrons. The highest BCUT2D eigenvalue weighted by molar-refractivity contribution is 7.99. The van der Waals surface area contributed by atoms with Gasteiger partial charge in [-0.05, 0) is 18.1 Å². The Bertz CT molecular complexity index is 293. The maximum atomic E-state index is 3.53. The van der Waals surface area contributed by atoms with Gasteiger partial charge in [0, 0.05) is 37.5 Å². The summed E-state index contributed by atoms with van der Waals surface area (Å²) >= 11 is 2.02. The van der Waals surface area contributed by atoms with Crippen LogP contribution in [-0.2, 0) is 0 Å². The summed E-state index contributed by atoms with van der Waals surface area (Å²) in [6.07, 6.45) is 5.96. The van der Waals surface area contributed by atoms with Crippen molar-refractivity contribution >= 4 is 11.8 Å². The standard InChI is InChI=1S/C14H26N2S/c1-14(2,3)11-5-7-16(8-6-11)12-9-15-10-13(12)17-4/h5,12-13,15H,6-10H2,1-4H3.